The molecule has 0 aliphatic carbocycles. The van der Waals surface area contributed by atoms with Gasteiger partial charge in [0.15, 0.2) is 0 Å². The van der Waals surface area contributed by atoms with Crippen molar-refractivity contribution in [2.45, 2.75) is 31.6 Å². The standard InChI is InChI=1S/C15H21Br3O/c1-2-3-9-19-10-8-15(11-16,12-17)13-6-4-5-7-14(13)18/h4-7H,2-3,8-12H2,1H3. The number of rotatable bonds is 9. The van der Waals surface area contributed by atoms with Crippen LogP contribution >= 0.6 is 47.8 Å². The molecule has 0 heterocycles. The average molecular weight is 457 g/mol. The third-order valence-electron chi connectivity index (χ3n) is 3.32. The van der Waals surface area contributed by atoms with E-state index < -0.39 is 0 Å². The lowest BCUT2D eigenvalue weighted by Crippen LogP contribution is -2.32. The highest BCUT2D eigenvalue weighted by molar-refractivity contribution is 9.10. The summed E-state index contributed by atoms with van der Waals surface area (Å²) in [5, 5.41) is 1.84. The number of ether oxygens (including phenoxy) is 1. The number of hydrogen-bond donors (Lipinski definition) is 0. The molecule has 0 aromatic heterocycles. The Labute approximate surface area is 141 Å². The van der Waals surface area contributed by atoms with Gasteiger partial charge in [-0.3, -0.25) is 0 Å². The maximum atomic E-state index is 5.74. The second-order valence-electron chi connectivity index (χ2n) is 4.74. The Morgan fingerprint density at radius 3 is 2.37 bits per heavy atom. The molecule has 0 aliphatic heterocycles. The van der Waals surface area contributed by atoms with Crippen molar-refractivity contribution in [1.82, 2.24) is 0 Å². The molecular formula is C15H21Br3O. The first-order valence-electron chi connectivity index (χ1n) is 6.65. The van der Waals surface area contributed by atoms with Gasteiger partial charge >= 0.3 is 0 Å². The van der Waals surface area contributed by atoms with Gasteiger partial charge in [-0.2, -0.15) is 0 Å². The molecule has 0 bridgehead atoms. The smallest absolute Gasteiger partial charge is 0.0475 e. The molecule has 1 aromatic carbocycles. The zero-order valence-corrected chi connectivity index (χ0v) is 16.1. The Morgan fingerprint density at radius 1 is 1.11 bits per heavy atom. The Morgan fingerprint density at radius 2 is 1.79 bits per heavy atom. The highest BCUT2D eigenvalue weighted by atomic mass is 79.9. The van der Waals surface area contributed by atoms with Crippen LogP contribution in [0.3, 0.4) is 0 Å². The zero-order chi connectivity index (χ0) is 14.1. The quantitative estimate of drug-likeness (QED) is 0.343. The molecule has 0 saturated heterocycles. The molecule has 0 atom stereocenters. The van der Waals surface area contributed by atoms with E-state index in [9.17, 15) is 0 Å². The van der Waals surface area contributed by atoms with Crippen LogP contribution in [0.15, 0.2) is 28.7 Å². The van der Waals surface area contributed by atoms with Crippen LogP contribution in [0.1, 0.15) is 31.7 Å². The van der Waals surface area contributed by atoms with Crippen molar-refractivity contribution in [3.63, 3.8) is 0 Å². The molecule has 4 heteroatoms. The topological polar surface area (TPSA) is 9.23 Å². The maximum Gasteiger partial charge on any atom is 0.0475 e. The molecule has 108 valence electrons. The Kier molecular flexibility index (Phi) is 8.87. The lowest BCUT2D eigenvalue weighted by molar-refractivity contribution is 0.117. The average Bonchev–Trinajstić information content (AvgIpc) is 2.44. The third kappa shape index (κ3) is 5.14. The number of halogens is 3. The number of hydrogen-bond acceptors (Lipinski definition) is 1. The Bertz CT molecular complexity index is 364. The highest BCUT2D eigenvalue weighted by Gasteiger charge is 2.31. The predicted molar refractivity (Wildman–Crippen MR) is 93.8 cm³/mol. The van der Waals surface area contributed by atoms with Gasteiger partial charge in [0, 0.05) is 33.8 Å². The molecule has 0 saturated carbocycles. The van der Waals surface area contributed by atoms with Crippen LogP contribution in [0.2, 0.25) is 0 Å². The monoisotopic (exact) mass is 454 g/mol. The first-order valence-corrected chi connectivity index (χ1v) is 9.68. The van der Waals surface area contributed by atoms with Crippen LogP contribution in [-0.4, -0.2) is 23.9 Å². The highest BCUT2D eigenvalue weighted by Crippen LogP contribution is 2.36. The van der Waals surface area contributed by atoms with Crippen molar-refractivity contribution in [2.75, 3.05) is 23.9 Å². The second kappa shape index (κ2) is 9.54. The summed E-state index contributed by atoms with van der Waals surface area (Å²) in [6.45, 7) is 3.86. The minimum absolute atomic E-state index is 0.0757. The fraction of sp³-hybridized carbons (Fsp3) is 0.600. The molecule has 1 rings (SSSR count). The summed E-state index contributed by atoms with van der Waals surface area (Å²) in [6.07, 6.45) is 3.34. The van der Waals surface area contributed by atoms with Crippen molar-refractivity contribution in [3.8, 4) is 0 Å². The summed E-state index contributed by atoms with van der Waals surface area (Å²) >= 11 is 11.0. The van der Waals surface area contributed by atoms with Crippen molar-refractivity contribution in [3.05, 3.63) is 34.3 Å². The molecule has 0 unspecified atom stereocenters. The first kappa shape index (κ1) is 17.7. The van der Waals surface area contributed by atoms with Crippen LogP contribution in [0.25, 0.3) is 0 Å². The maximum absolute atomic E-state index is 5.74. The molecule has 0 N–H and O–H groups in total. The van der Waals surface area contributed by atoms with Crippen LogP contribution < -0.4 is 0 Å². The third-order valence-corrected chi connectivity index (χ3v) is 6.16. The second-order valence-corrected chi connectivity index (χ2v) is 6.72. The van der Waals surface area contributed by atoms with Crippen molar-refractivity contribution < 1.29 is 4.74 Å². The molecule has 1 nitrogen and oxygen atoms in total. The minimum Gasteiger partial charge on any atom is -0.381 e. The van der Waals surface area contributed by atoms with Gasteiger partial charge in [-0.15, -0.1) is 0 Å². The fourth-order valence-electron chi connectivity index (χ4n) is 1.96. The van der Waals surface area contributed by atoms with E-state index in [2.05, 4.69) is 79.0 Å². The Balaban J connectivity index is 2.71. The van der Waals surface area contributed by atoms with E-state index in [-0.39, 0.29) is 5.41 Å². The van der Waals surface area contributed by atoms with Crippen LogP contribution in [0, 0.1) is 0 Å². The van der Waals surface area contributed by atoms with E-state index in [1.807, 2.05) is 0 Å². The summed E-state index contributed by atoms with van der Waals surface area (Å²) in [7, 11) is 0. The summed E-state index contributed by atoms with van der Waals surface area (Å²) in [6, 6.07) is 8.45. The van der Waals surface area contributed by atoms with Gasteiger partial charge in [-0.1, -0.05) is 79.3 Å². The summed E-state index contributed by atoms with van der Waals surface area (Å²) < 4.78 is 6.91. The molecule has 1 aromatic rings. The fourth-order valence-corrected chi connectivity index (χ4v) is 4.75. The van der Waals surface area contributed by atoms with E-state index in [0.29, 0.717) is 0 Å². The van der Waals surface area contributed by atoms with Crippen LogP contribution in [0.4, 0.5) is 0 Å². The number of benzene rings is 1. The summed E-state index contributed by atoms with van der Waals surface area (Å²) in [5.74, 6) is 0. The molecular weight excluding hydrogens is 436 g/mol. The van der Waals surface area contributed by atoms with Gasteiger partial charge in [-0.25, -0.2) is 0 Å². The van der Waals surface area contributed by atoms with Gasteiger partial charge < -0.3 is 4.74 Å². The van der Waals surface area contributed by atoms with E-state index in [1.54, 1.807) is 0 Å². The minimum atomic E-state index is 0.0757. The summed E-state index contributed by atoms with van der Waals surface area (Å²) in [5.41, 5.74) is 1.41. The van der Waals surface area contributed by atoms with Crippen LogP contribution in [0.5, 0.6) is 0 Å². The van der Waals surface area contributed by atoms with Crippen molar-refractivity contribution >= 4 is 47.8 Å². The Hall–Kier alpha value is 0.620. The van der Waals surface area contributed by atoms with E-state index in [0.717, 1.165) is 36.7 Å². The van der Waals surface area contributed by atoms with E-state index in [4.69, 9.17) is 4.74 Å². The van der Waals surface area contributed by atoms with E-state index >= 15 is 0 Å². The number of unbranched alkanes of at least 4 members (excludes halogenated alkanes) is 1. The van der Waals surface area contributed by atoms with Crippen molar-refractivity contribution in [1.29, 1.82) is 0 Å². The SMILES string of the molecule is CCCCOCCC(CBr)(CBr)c1ccccc1Br. The van der Waals surface area contributed by atoms with Gasteiger partial charge in [0.05, 0.1) is 0 Å². The molecule has 0 amide bonds. The van der Waals surface area contributed by atoms with E-state index in [1.165, 1.54) is 16.5 Å². The van der Waals surface area contributed by atoms with Crippen LogP contribution in [-0.2, 0) is 10.2 Å². The zero-order valence-electron chi connectivity index (χ0n) is 11.3. The predicted octanol–water partition coefficient (Wildman–Crippen LogP) is 5.68. The van der Waals surface area contributed by atoms with Crippen molar-refractivity contribution in [2.24, 2.45) is 0 Å². The van der Waals surface area contributed by atoms with Gasteiger partial charge in [-0.05, 0) is 24.5 Å². The molecule has 0 aliphatic rings. The lowest BCUT2D eigenvalue weighted by Gasteiger charge is -2.31. The lowest BCUT2D eigenvalue weighted by atomic mass is 9.82. The molecule has 0 spiro atoms. The van der Waals surface area contributed by atoms with Gasteiger partial charge in [0.1, 0.15) is 0 Å². The van der Waals surface area contributed by atoms with Gasteiger partial charge in [0.2, 0.25) is 0 Å². The first-order chi connectivity index (χ1) is 9.20. The number of alkyl halides is 2. The summed E-state index contributed by atoms with van der Waals surface area (Å²) in [4.78, 5) is 0. The van der Waals surface area contributed by atoms with Gasteiger partial charge in [0.25, 0.3) is 0 Å². The molecule has 0 radical (unpaired) electrons. The molecule has 19 heavy (non-hydrogen) atoms. The largest absolute Gasteiger partial charge is 0.381 e. The normalized spacial score (nSPS) is 11.8. The molecule has 0 fully saturated rings.